The first-order valence-electron chi connectivity index (χ1n) is 9.97. The van der Waals surface area contributed by atoms with Gasteiger partial charge >= 0.3 is 0 Å². The van der Waals surface area contributed by atoms with Gasteiger partial charge in [-0.15, -0.1) is 11.3 Å². The van der Waals surface area contributed by atoms with Gasteiger partial charge in [-0.3, -0.25) is 9.69 Å². The van der Waals surface area contributed by atoms with E-state index in [9.17, 15) is 4.79 Å². The van der Waals surface area contributed by atoms with Gasteiger partial charge in [0.05, 0.1) is 16.3 Å². The molecule has 1 saturated heterocycles. The molecule has 0 spiro atoms. The monoisotopic (exact) mass is 485 g/mol. The number of hydrogen-bond donors (Lipinski definition) is 0. The van der Waals surface area contributed by atoms with Crippen LogP contribution >= 0.6 is 27.3 Å². The number of halogens is 1. The van der Waals surface area contributed by atoms with Gasteiger partial charge in [0.2, 0.25) is 0 Å². The number of carbonyl (C=O) groups excluding carboxylic acids is 1. The van der Waals surface area contributed by atoms with Crippen LogP contribution in [0.15, 0.2) is 58.4 Å². The Morgan fingerprint density at radius 3 is 2.67 bits per heavy atom. The number of aromatic nitrogens is 1. The molecule has 0 saturated carbocycles. The van der Waals surface area contributed by atoms with Gasteiger partial charge in [0.15, 0.2) is 0 Å². The first kappa shape index (κ1) is 21.0. The van der Waals surface area contributed by atoms with Crippen LogP contribution in [0.3, 0.4) is 0 Å². The SMILES string of the molecule is Cc1nc(CN2CCN(C(=O)c3ccccc3OCc3cccc(Br)c3)CC2)cs1. The summed E-state index contributed by atoms with van der Waals surface area (Å²) >= 11 is 5.16. The van der Waals surface area contributed by atoms with Gasteiger partial charge in [0.1, 0.15) is 12.4 Å². The third-order valence-corrected chi connectivity index (χ3v) is 6.43. The minimum absolute atomic E-state index is 0.0315. The Morgan fingerprint density at radius 1 is 1.13 bits per heavy atom. The third kappa shape index (κ3) is 5.28. The Labute approximate surface area is 189 Å². The molecule has 0 aliphatic carbocycles. The first-order chi connectivity index (χ1) is 14.6. The van der Waals surface area contributed by atoms with Crippen LogP contribution in [0.4, 0.5) is 0 Å². The van der Waals surface area contributed by atoms with Crippen LogP contribution in [0.1, 0.15) is 26.6 Å². The van der Waals surface area contributed by atoms with Crippen molar-refractivity contribution in [2.45, 2.75) is 20.1 Å². The number of amides is 1. The molecule has 30 heavy (non-hydrogen) atoms. The summed E-state index contributed by atoms with van der Waals surface area (Å²) in [5.41, 5.74) is 2.79. The lowest BCUT2D eigenvalue weighted by molar-refractivity contribution is 0.0622. The molecule has 1 aromatic heterocycles. The van der Waals surface area contributed by atoms with Crippen molar-refractivity contribution in [2.24, 2.45) is 0 Å². The molecule has 5 nitrogen and oxygen atoms in total. The zero-order valence-electron chi connectivity index (χ0n) is 16.9. The Morgan fingerprint density at radius 2 is 1.93 bits per heavy atom. The number of rotatable bonds is 6. The van der Waals surface area contributed by atoms with Crippen molar-refractivity contribution in [2.75, 3.05) is 26.2 Å². The zero-order valence-corrected chi connectivity index (χ0v) is 19.3. The molecule has 0 atom stereocenters. The quantitative estimate of drug-likeness (QED) is 0.505. The number of ether oxygens (including phenoxy) is 1. The Kier molecular flexibility index (Phi) is 6.82. The summed E-state index contributed by atoms with van der Waals surface area (Å²) in [4.78, 5) is 22.0. The van der Waals surface area contributed by atoms with Gasteiger partial charge in [0, 0.05) is 42.6 Å². The second kappa shape index (κ2) is 9.73. The second-order valence-electron chi connectivity index (χ2n) is 7.34. The average molecular weight is 486 g/mol. The standard InChI is InChI=1S/C23H24BrN3O2S/c1-17-25-20(16-30-17)14-26-9-11-27(12-10-26)23(28)21-7-2-3-8-22(21)29-15-18-5-4-6-19(24)13-18/h2-8,13,16H,9-12,14-15H2,1H3. The number of para-hydroxylation sites is 1. The molecule has 4 rings (SSSR count). The van der Waals surface area contributed by atoms with Crippen LogP contribution in [0.2, 0.25) is 0 Å². The molecule has 1 fully saturated rings. The van der Waals surface area contributed by atoms with Gasteiger partial charge in [-0.25, -0.2) is 4.98 Å². The molecule has 0 radical (unpaired) electrons. The summed E-state index contributed by atoms with van der Waals surface area (Å²) in [6.45, 7) is 6.42. The van der Waals surface area contributed by atoms with Crippen molar-refractivity contribution in [1.82, 2.24) is 14.8 Å². The minimum atomic E-state index is 0.0315. The number of carbonyl (C=O) groups is 1. The average Bonchev–Trinajstić information content (AvgIpc) is 3.17. The molecule has 0 bridgehead atoms. The van der Waals surface area contributed by atoms with Crippen LogP contribution in [-0.2, 0) is 13.2 Å². The Hall–Kier alpha value is -2.22. The van der Waals surface area contributed by atoms with E-state index < -0.39 is 0 Å². The largest absolute Gasteiger partial charge is 0.488 e. The van der Waals surface area contributed by atoms with E-state index in [4.69, 9.17) is 4.74 Å². The van der Waals surface area contributed by atoms with Gasteiger partial charge in [-0.05, 0) is 36.8 Å². The van der Waals surface area contributed by atoms with Crippen molar-refractivity contribution in [1.29, 1.82) is 0 Å². The molecule has 3 aromatic rings. The molecule has 1 amide bonds. The number of piperazine rings is 1. The summed E-state index contributed by atoms with van der Waals surface area (Å²) in [5, 5.41) is 3.21. The van der Waals surface area contributed by atoms with Crippen molar-refractivity contribution in [3.63, 3.8) is 0 Å². The number of benzene rings is 2. The predicted molar refractivity (Wildman–Crippen MR) is 123 cm³/mol. The molecule has 1 aliphatic rings. The van der Waals surface area contributed by atoms with Crippen LogP contribution in [0, 0.1) is 6.92 Å². The highest BCUT2D eigenvalue weighted by molar-refractivity contribution is 9.10. The minimum Gasteiger partial charge on any atom is -0.488 e. The van der Waals surface area contributed by atoms with Crippen LogP contribution < -0.4 is 4.74 Å². The lowest BCUT2D eigenvalue weighted by atomic mass is 10.1. The van der Waals surface area contributed by atoms with E-state index in [1.807, 2.05) is 60.4 Å². The lowest BCUT2D eigenvalue weighted by Crippen LogP contribution is -2.48. The summed E-state index contributed by atoms with van der Waals surface area (Å²) in [5.74, 6) is 0.659. The fourth-order valence-corrected chi connectivity index (χ4v) is 4.60. The summed E-state index contributed by atoms with van der Waals surface area (Å²) in [6.07, 6.45) is 0. The van der Waals surface area contributed by atoms with Crippen molar-refractivity contribution in [3.8, 4) is 5.75 Å². The van der Waals surface area contributed by atoms with Gasteiger partial charge in [-0.1, -0.05) is 40.2 Å². The lowest BCUT2D eigenvalue weighted by Gasteiger charge is -2.34. The normalized spacial score (nSPS) is 14.7. The maximum atomic E-state index is 13.2. The van der Waals surface area contributed by atoms with E-state index in [2.05, 4.69) is 31.2 Å². The third-order valence-electron chi connectivity index (χ3n) is 5.11. The Balaban J connectivity index is 1.36. The maximum absolute atomic E-state index is 13.2. The zero-order chi connectivity index (χ0) is 20.9. The highest BCUT2D eigenvalue weighted by atomic mass is 79.9. The molecular formula is C23H24BrN3O2S. The van der Waals surface area contributed by atoms with Gasteiger partial charge in [-0.2, -0.15) is 0 Å². The fourth-order valence-electron chi connectivity index (χ4n) is 3.55. The van der Waals surface area contributed by atoms with E-state index in [0.717, 1.165) is 40.4 Å². The van der Waals surface area contributed by atoms with Crippen molar-refractivity contribution >= 4 is 33.2 Å². The highest BCUT2D eigenvalue weighted by Crippen LogP contribution is 2.23. The predicted octanol–water partition coefficient (Wildman–Crippen LogP) is 4.75. The summed E-state index contributed by atoms with van der Waals surface area (Å²) in [7, 11) is 0. The summed E-state index contributed by atoms with van der Waals surface area (Å²) in [6, 6.07) is 15.5. The maximum Gasteiger partial charge on any atom is 0.257 e. The van der Waals surface area contributed by atoms with Crippen molar-refractivity contribution in [3.05, 3.63) is 80.2 Å². The number of nitrogens with zero attached hydrogens (tertiary/aromatic N) is 3. The van der Waals surface area contributed by atoms with E-state index in [1.54, 1.807) is 11.3 Å². The van der Waals surface area contributed by atoms with E-state index >= 15 is 0 Å². The molecule has 2 aromatic carbocycles. The molecule has 7 heteroatoms. The first-order valence-corrected chi connectivity index (χ1v) is 11.6. The fraction of sp³-hybridized carbons (Fsp3) is 0.304. The molecular weight excluding hydrogens is 462 g/mol. The number of hydrogen-bond acceptors (Lipinski definition) is 5. The van der Waals surface area contributed by atoms with E-state index in [-0.39, 0.29) is 5.91 Å². The topological polar surface area (TPSA) is 45.7 Å². The number of thiazole rings is 1. The molecule has 2 heterocycles. The molecule has 1 aliphatic heterocycles. The van der Waals surface area contributed by atoms with E-state index in [1.165, 1.54) is 0 Å². The second-order valence-corrected chi connectivity index (χ2v) is 9.32. The summed E-state index contributed by atoms with van der Waals surface area (Å²) < 4.78 is 7.02. The van der Waals surface area contributed by atoms with Gasteiger partial charge in [0.25, 0.3) is 5.91 Å². The molecule has 0 unspecified atom stereocenters. The highest BCUT2D eigenvalue weighted by Gasteiger charge is 2.24. The molecule has 156 valence electrons. The van der Waals surface area contributed by atoms with Gasteiger partial charge < -0.3 is 9.64 Å². The Bertz CT molecular complexity index is 1010. The van der Waals surface area contributed by atoms with Crippen molar-refractivity contribution < 1.29 is 9.53 Å². The smallest absolute Gasteiger partial charge is 0.257 e. The van der Waals surface area contributed by atoms with E-state index in [0.29, 0.717) is 31.0 Å². The van der Waals surface area contributed by atoms with Crippen LogP contribution in [0.5, 0.6) is 5.75 Å². The van der Waals surface area contributed by atoms with Crippen LogP contribution in [-0.4, -0.2) is 46.9 Å². The molecule has 0 N–H and O–H groups in total. The van der Waals surface area contributed by atoms with Crippen LogP contribution in [0.25, 0.3) is 0 Å². The number of aryl methyl sites for hydroxylation is 1.